The van der Waals surface area contributed by atoms with Crippen LogP contribution >= 0.6 is 0 Å². The first kappa shape index (κ1) is 12.3. The number of fused-ring (bicyclic) bond motifs is 1. The van der Waals surface area contributed by atoms with Gasteiger partial charge in [0.25, 0.3) is 5.91 Å². The van der Waals surface area contributed by atoms with Crippen LogP contribution in [0.3, 0.4) is 0 Å². The fraction of sp³-hybridized carbons (Fsp3) is 0.200. The van der Waals surface area contributed by atoms with Gasteiger partial charge >= 0.3 is 0 Å². The third-order valence-electron chi connectivity index (χ3n) is 2.72. The number of hydrogen-bond donors (Lipinski definition) is 1. The van der Waals surface area contributed by atoms with Gasteiger partial charge in [0.2, 0.25) is 0 Å². The third-order valence-corrected chi connectivity index (χ3v) is 2.72. The standard InChI is InChI=1S/C15H15NO2/c1-10(2)16-15(18)12-6-7-14-11(8-12)4-3-5-13(14)9-17/h3-10H,1-2H3,(H,16,18). The fourth-order valence-corrected chi connectivity index (χ4v) is 1.90. The van der Waals surface area contributed by atoms with E-state index in [0.29, 0.717) is 11.1 Å². The zero-order chi connectivity index (χ0) is 13.1. The van der Waals surface area contributed by atoms with Crippen molar-refractivity contribution in [3.8, 4) is 0 Å². The van der Waals surface area contributed by atoms with Crippen LogP contribution in [0.5, 0.6) is 0 Å². The lowest BCUT2D eigenvalue weighted by Gasteiger charge is -2.09. The van der Waals surface area contributed by atoms with E-state index >= 15 is 0 Å². The molecule has 0 unspecified atom stereocenters. The molecule has 0 aliphatic heterocycles. The number of aldehydes is 1. The van der Waals surface area contributed by atoms with Gasteiger partial charge in [-0.25, -0.2) is 0 Å². The van der Waals surface area contributed by atoms with E-state index in [1.165, 1.54) is 0 Å². The van der Waals surface area contributed by atoms with Crippen molar-refractivity contribution in [1.29, 1.82) is 0 Å². The van der Waals surface area contributed by atoms with E-state index in [2.05, 4.69) is 5.32 Å². The van der Waals surface area contributed by atoms with Crippen molar-refractivity contribution in [1.82, 2.24) is 5.32 Å². The molecule has 0 heterocycles. The molecule has 0 atom stereocenters. The normalized spacial score (nSPS) is 10.6. The molecular formula is C15H15NO2. The number of carbonyl (C=O) groups is 2. The molecule has 0 saturated heterocycles. The van der Waals surface area contributed by atoms with Crippen molar-refractivity contribution >= 4 is 23.0 Å². The largest absolute Gasteiger partial charge is 0.350 e. The second-order valence-corrected chi connectivity index (χ2v) is 4.53. The number of benzene rings is 2. The van der Waals surface area contributed by atoms with Gasteiger partial charge in [0.1, 0.15) is 0 Å². The number of rotatable bonds is 3. The summed E-state index contributed by atoms with van der Waals surface area (Å²) in [5.41, 5.74) is 1.25. The average molecular weight is 241 g/mol. The molecule has 3 heteroatoms. The van der Waals surface area contributed by atoms with Crippen LogP contribution in [0, 0.1) is 0 Å². The SMILES string of the molecule is CC(C)NC(=O)c1ccc2c(C=O)cccc2c1. The zero-order valence-corrected chi connectivity index (χ0v) is 10.4. The second kappa shape index (κ2) is 5.00. The Morgan fingerprint density at radius 2 is 2.00 bits per heavy atom. The van der Waals surface area contributed by atoms with Crippen molar-refractivity contribution in [2.75, 3.05) is 0 Å². The van der Waals surface area contributed by atoms with Crippen molar-refractivity contribution in [3.63, 3.8) is 0 Å². The summed E-state index contributed by atoms with van der Waals surface area (Å²) in [6, 6.07) is 10.9. The highest BCUT2D eigenvalue weighted by molar-refractivity contribution is 6.03. The molecule has 3 nitrogen and oxygen atoms in total. The third kappa shape index (κ3) is 2.40. The zero-order valence-electron chi connectivity index (χ0n) is 10.4. The molecule has 0 aliphatic rings. The van der Waals surface area contributed by atoms with Gasteiger partial charge in [-0.15, -0.1) is 0 Å². The van der Waals surface area contributed by atoms with E-state index in [4.69, 9.17) is 0 Å². The van der Waals surface area contributed by atoms with Crippen molar-refractivity contribution in [2.45, 2.75) is 19.9 Å². The topological polar surface area (TPSA) is 46.2 Å². The molecule has 2 aromatic carbocycles. The molecule has 18 heavy (non-hydrogen) atoms. The molecule has 0 radical (unpaired) electrons. The van der Waals surface area contributed by atoms with Crippen LogP contribution in [0.4, 0.5) is 0 Å². The molecule has 92 valence electrons. The van der Waals surface area contributed by atoms with Crippen LogP contribution in [0.25, 0.3) is 10.8 Å². The summed E-state index contributed by atoms with van der Waals surface area (Å²) in [5.74, 6) is -0.0941. The minimum absolute atomic E-state index is 0.0941. The molecule has 0 aliphatic carbocycles. The number of amides is 1. The van der Waals surface area contributed by atoms with Crippen LogP contribution in [0.15, 0.2) is 36.4 Å². The Kier molecular flexibility index (Phi) is 3.42. The van der Waals surface area contributed by atoms with E-state index in [0.717, 1.165) is 17.1 Å². The molecule has 0 bridgehead atoms. The van der Waals surface area contributed by atoms with E-state index in [1.807, 2.05) is 32.0 Å². The van der Waals surface area contributed by atoms with E-state index in [1.54, 1.807) is 18.2 Å². The van der Waals surface area contributed by atoms with Crippen LogP contribution in [-0.4, -0.2) is 18.2 Å². The summed E-state index contributed by atoms with van der Waals surface area (Å²) in [7, 11) is 0. The molecule has 2 aromatic rings. The highest BCUT2D eigenvalue weighted by Crippen LogP contribution is 2.19. The van der Waals surface area contributed by atoms with E-state index in [9.17, 15) is 9.59 Å². The lowest BCUT2D eigenvalue weighted by Crippen LogP contribution is -2.29. The maximum absolute atomic E-state index is 11.9. The highest BCUT2D eigenvalue weighted by atomic mass is 16.1. The monoisotopic (exact) mass is 241 g/mol. The maximum Gasteiger partial charge on any atom is 0.251 e. The van der Waals surface area contributed by atoms with Gasteiger partial charge < -0.3 is 5.32 Å². The van der Waals surface area contributed by atoms with Gasteiger partial charge in [-0.05, 0) is 36.8 Å². The van der Waals surface area contributed by atoms with Crippen molar-refractivity contribution in [3.05, 3.63) is 47.5 Å². The Morgan fingerprint density at radius 3 is 2.67 bits per heavy atom. The van der Waals surface area contributed by atoms with Gasteiger partial charge in [-0.2, -0.15) is 0 Å². The van der Waals surface area contributed by atoms with Crippen molar-refractivity contribution < 1.29 is 9.59 Å². The summed E-state index contributed by atoms with van der Waals surface area (Å²) >= 11 is 0. The van der Waals surface area contributed by atoms with Gasteiger partial charge in [0.05, 0.1) is 0 Å². The minimum Gasteiger partial charge on any atom is -0.350 e. The predicted octanol–water partition coefficient (Wildman–Crippen LogP) is 2.79. The Bertz CT molecular complexity index is 602. The molecule has 1 amide bonds. The smallest absolute Gasteiger partial charge is 0.251 e. The first-order chi connectivity index (χ1) is 8.61. The number of carbonyl (C=O) groups excluding carboxylic acids is 2. The van der Waals surface area contributed by atoms with Crippen LogP contribution in [0.1, 0.15) is 34.6 Å². The quantitative estimate of drug-likeness (QED) is 0.840. The maximum atomic E-state index is 11.9. The molecule has 1 N–H and O–H groups in total. The van der Waals surface area contributed by atoms with Crippen molar-refractivity contribution in [2.24, 2.45) is 0 Å². The van der Waals surface area contributed by atoms with Gasteiger partial charge in [-0.3, -0.25) is 9.59 Å². The van der Waals surface area contributed by atoms with Gasteiger partial charge in [0, 0.05) is 17.2 Å². The molecule has 0 spiro atoms. The molecular weight excluding hydrogens is 226 g/mol. The van der Waals surface area contributed by atoms with Crippen LogP contribution < -0.4 is 5.32 Å². The molecule has 0 fully saturated rings. The first-order valence-corrected chi connectivity index (χ1v) is 5.90. The lowest BCUT2D eigenvalue weighted by atomic mass is 10.0. The summed E-state index contributed by atoms with van der Waals surface area (Å²) < 4.78 is 0. The Labute approximate surface area is 106 Å². The van der Waals surface area contributed by atoms with E-state index < -0.39 is 0 Å². The van der Waals surface area contributed by atoms with E-state index in [-0.39, 0.29) is 11.9 Å². The van der Waals surface area contributed by atoms with Crippen LogP contribution in [0.2, 0.25) is 0 Å². The summed E-state index contributed by atoms with van der Waals surface area (Å²) in [5, 5.41) is 4.61. The average Bonchev–Trinajstić information content (AvgIpc) is 2.36. The lowest BCUT2D eigenvalue weighted by molar-refractivity contribution is 0.0943. The molecule has 2 rings (SSSR count). The molecule has 0 aromatic heterocycles. The predicted molar refractivity (Wildman–Crippen MR) is 71.9 cm³/mol. The fourth-order valence-electron chi connectivity index (χ4n) is 1.90. The Balaban J connectivity index is 2.45. The minimum atomic E-state index is -0.0941. The first-order valence-electron chi connectivity index (χ1n) is 5.90. The number of nitrogens with one attached hydrogen (secondary N) is 1. The summed E-state index contributed by atoms with van der Waals surface area (Å²) in [4.78, 5) is 22.8. The number of hydrogen-bond acceptors (Lipinski definition) is 2. The van der Waals surface area contributed by atoms with Crippen LogP contribution in [-0.2, 0) is 0 Å². The van der Waals surface area contributed by atoms with Gasteiger partial charge in [0.15, 0.2) is 6.29 Å². The Hall–Kier alpha value is -2.16. The summed E-state index contributed by atoms with van der Waals surface area (Å²) in [6.45, 7) is 3.84. The Morgan fingerprint density at radius 1 is 1.22 bits per heavy atom. The molecule has 0 saturated carbocycles. The second-order valence-electron chi connectivity index (χ2n) is 4.53. The highest BCUT2D eigenvalue weighted by Gasteiger charge is 2.08. The van der Waals surface area contributed by atoms with Gasteiger partial charge in [-0.1, -0.05) is 24.3 Å². The summed E-state index contributed by atoms with van der Waals surface area (Å²) in [6.07, 6.45) is 0.830.